The lowest BCUT2D eigenvalue weighted by Crippen LogP contribution is -2.32. The molecule has 0 N–H and O–H groups in total. The van der Waals surface area contributed by atoms with Gasteiger partial charge in [0.25, 0.3) is 5.91 Å². The summed E-state index contributed by atoms with van der Waals surface area (Å²) in [6, 6.07) is 4.18. The first-order valence-electron chi connectivity index (χ1n) is 5.34. The van der Waals surface area contributed by atoms with Gasteiger partial charge in [-0.2, -0.15) is 18.4 Å². The van der Waals surface area contributed by atoms with E-state index >= 15 is 0 Å². The van der Waals surface area contributed by atoms with Crippen LogP contribution in [-0.4, -0.2) is 23.9 Å². The normalized spacial score (nSPS) is 10.9. The Balaban J connectivity index is 3.22. The highest BCUT2D eigenvalue weighted by molar-refractivity contribution is 5.94. The van der Waals surface area contributed by atoms with Gasteiger partial charge in [-0.25, -0.2) is 4.39 Å². The van der Waals surface area contributed by atoms with Crippen molar-refractivity contribution in [2.45, 2.75) is 13.1 Å². The van der Waals surface area contributed by atoms with Crippen LogP contribution >= 0.6 is 0 Å². The molecule has 0 unspecified atom stereocenters. The first-order valence-corrected chi connectivity index (χ1v) is 5.34. The van der Waals surface area contributed by atoms with Crippen LogP contribution in [-0.2, 0) is 6.18 Å². The van der Waals surface area contributed by atoms with Crippen LogP contribution in [0.1, 0.15) is 22.8 Å². The molecule has 0 aromatic heterocycles. The lowest BCUT2D eigenvalue weighted by molar-refractivity contribution is -0.140. The predicted octanol–water partition coefficient (Wildman–Crippen LogP) is 2.83. The van der Waals surface area contributed by atoms with Crippen molar-refractivity contribution in [2.75, 3.05) is 13.1 Å². The summed E-state index contributed by atoms with van der Waals surface area (Å²) >= 11 is 0. The first kappa shape index (κ1) is 15.0. The van der Waals surface area contributed by atoms with E-state index in [4.69, 9.17) is 5.26 Å². The van der Waals surface area contributed by atoms with Crippen LogP contribution in [0.4, 0.5) is 17.6 Å². The molecule has 7 heteroatoms. The van der Waals surface area contributed by atoms with Crippen molar-refractivity contribution >= 4 is 5.91 Å². The number of amides is 1. The molecule has 0 radical (unpaired) electrons. The van der Waals surface area contributed by atoms with E-state index in [1.807, 2.05) is 0 Å². The molecular weight excluding hydrogens is 264 g/mol. The van der Waals surface area contributed by atoms with E-state index in [1.165, 1.54) is 0 Å². The number of hydrogen-bond donors (Lipinski definition) is 0. The minimum Gasteiger partial charge on any atom is -0.326 e. The molecule has 0 fully saturated rings. The van der Waals surface area contributed by atoms with E-state index in [-0.39, 0.29) is 13.1 Å². The third-order valence-electron chi connectivity index (χ3n) is 2.47. The quantitative estimate of drug-likeness (QED) is 0.628. The average Bonchev–Trinajstić information content (AvgIpc) is 2.34. The highest BCUT2D eigenvalue weighted by atomic mass is 19.4. The van der Waals surface area contributed by atoms with E-state index in [2.05, 4.69) is 0 Å². The van der Waals surface area contributed by atoms with Crippen molar-refractivity contribution in [3.05, 3.63) is 35.1 Å². The number of carbonyl (C=O) groups excluding carboxylic acids is 1. The highest BCUT2D eigenvalue weighted by Gasteiger charge is 2.36. The van der Waals surface area contributed by atoms with Crippen LogP contribution in [0.15, 0.2) is 18.2 Å². The fourth-order valence-electron chi connectivity index (χ4n) is 1.50. The molecule has 0 atom stereocenters. The number of halogens is 4. The molecule has 0 bridgehead atoms. The maximum atomic E-state index is 13.7. The number of alkyl halides is 3. The molecule has 0 spiro atoms. The summed E-state index contributed by atoms with van der Waals surface area (Å²) in [4.78, 5) is 12.8. The van der Waals surface area contributed by atoms with Crippen molar-refractivity contribution in [2.24, 2.45) is 0 Å². The molecule has 3 nitrogen and oxygen atoms in total. The van der Waals surface area contributed by atoms with Gasteiger partial charge in [0, 0.05) is 6.54 Å². The van der Waals surface area contributed by atoms with Gasteiger partial charge >= 0.3 is 6.18 Å². The maximum Gasteiger partial charge on any atom is 0.419 e. The molecule has 0 heterocycles. The van der Waals surface area contributed by atoms with Crippen molar-refractivity contribution in [1.82, 2.24) is 4.90 Å². The Labute approximate surface area is 107 Å². The summed E-state index contributed by atoms with van der Waals surface area (Å²) in [5, 5.41) is 8.50. The fourth-order valence-corrected chi connectivity index (χ4v) is 1.50. The van der Waals surface area contributed by atoms with Gasteiger partial charge in [0.05, 0.1) is 17.2 Å². The Bertz CT molecular complexity index is 519. The monoisotopic (exact) mass is 274 g/mol. The second kappa shape index (κ2) is 5.69. The van der Waals surface area contributed by atoms with E-state index in [0.717, 1.165) is 17.0 Å². The first-order chi connectivity index (χ1) is 8.82. The van der Waals surface area contributed by atoms with Crippen molar-refractivity contribution in [1.29, 1.82) is 5.26 Å². The molecule has 0 saturated heterocycles. The van der Waals surface area contributed by atoms with Gasteiger partial charge in [-0.1, -0.05) is 6.07 Å². The van der Waals surface area contributed by atoms with E-state index < -0.39 is 29.0 Å². The lowest BCUT2D eigenvalue weighted by atomic mass is 10.1. The van der Waals surface area contributed by atoms with Crippen molar-refractivity contribution in [3.63, 3.8) is 0 Å². The minimum absolute atomic E-state index is 0.0993. The Hall–Kier alpha value is -2.10. The zero-order valence-corrected chi connectivity index (χ0v) is 9.96. The number of nitrogens with zero attached hydrogens (tertiary/aromatic N) is 2. The van der Waals surface area contributed by atoms with Crippen LogP contribution in [0.25, 0.3) is 0 Å². The molecule has 1 aromatic carbocycles. The van der Waals surface area contributed by atoms with Crippen molar-refractivity contribution in [3.8, 4) is 6.07 Å². The number of hydrogen-bond acceptors (Lipinski definition) is 2. The van der Waals surface area contributed by atoms with Crippen LogP contribution in [0, 0.1) is 17.1 Å². The van der Waals surface area contributed by atoms with Crippen LogP contribution < -0.4 is 0 Å². The molecule has 0 aliphatic heterocycles. The Morgan fingerprint density at radius 3 is 2.53 bits per heavy atom. The van der Waals surface area contributed by atoms with Gasteiger partial charge in [0.15, 0.2) is 0 Å². The second-order valence-electron chi connectivity index (χ2n) is 3.64. The van der Waals surface area contributed by atoms with Gasteiger partial charge in [-0.15, -0.1) is 0 Å². The maximum absolute atomic E-state index is 13.7. The molecule has 0 aliphatic carbocycles. The molecule has 0 saturated carbocycles. The van der Waals surface area contributed by atoms with E-state index in [9.17, 15) is 22.4 Å². The number of rotatable bonds is 3. The van der Waals surface area contributed by atoms with Gasteiger partial charge in [0.1, 0.15) is 12.4 Å². The van der Waals surface area contributed by atoms with Gasteiger partial charge < -0.3 is 4.90 Å². The molecule has 1 aromatic rings. The Morgan fingerprint density at radius 2 is 2.05 bits per heavy atom. The third kappa shape index (κ3) is 3.22. The number of carbonyl (C=O) groups is 1. The number of benzene rings is 1. The summed E-state index contributed by atoms with van der Waals surface area (Å²) < 4.78 is 51.2. The van der Waals surface area contributed by atoms with Gasteiger partial charge in [-0.05, 0) is 19.1 Å². The number of nitriles is 1. The van der Waals surface area contributed by atoms with Crippen molar-refractivity contribution < 1.29 is 22.4 Å². The molecule has 1 rings (SSSR count). The largest absolute Gasteiger partial charge is 0.419 e. The van der Waals surface area contributed by atoms with Gasteiger partial charge in [0.2, 0.25) is 0 Å². The van der Waals surface area contributed by atoms with Crippen LogP contribution in [0.3, 0.4) is 0 Å². The molecule has 19 heavy (non-hydrogen) atoms. The average molecular weight is 274 g/mol. The summed E-state index contributed by atoms with van der Waals surface area (Å²) in [6.45, 7) is 1.33. The van der Waals surface area contributed by atoms with Crippen LogP contribution in [0.5, 0.6) is 0 Å². The Kier molecular flexibility index (Phi) is 4.48. The molecular formula is C12H10F4N2O. The predicted molar refractivity (Wildman–Crippen MR) is 58.6 cm³/mol. The zero-order chi connectivity index (χ0) is 14.6. The second-order valence-corrected chi connectivity index (χ2v) is 3.64. The Morgan fingerprint density at radius 1 is 1.42 bits per heavy atom. The zero-order valence-electron chi connectivity index (χ0n) is 9.96. The summed E-state index contributed by atoms with van der Waals surface area (Å²) in [5.74, 6) is -2.55. The smallest absolute Gasteiger partial charge is 0.326 e. The fraction of sp³-hybridized carbons (Fsp3) is 0.333. The SMILES string of the molecule is CCN(CC#N)C(=O)c1cccc(C(F)(F)F)c1F. The summed E-state index contributed by atoms with van der Waals surface area (Å²) in [7, 11) is 0. The van der Waals surface area contributed by atoms with E-state index in [0.29, 0.717) is 6.07 Å². The van der Waals surface area contributed by atoms with Crippen LogP contribution in [0.2, 0.25) is 0 Å². The molecule has 0 aliphatic rings. The molecule has 102 valence electrons. The van der Waals surface area contributed by atoms with Gasteiger partial charge in [-0.3, -0.25) is 4.79 Å². The standard InChI is InChI=1S/C12H10F4N2O/c1-2-18(7-6-17)11(19)8-4-3-5-9(10(8)13)12(14,15)16/h3-5H,2,7H2,1H3. The van der Waals surface area contributed by atoms with E-state index in [1.54, 1.807) is 13.0 Å². The summed E-state index contributed by atoms with van der Waals surface area (Å²) in [6.07, 6.45) is -4.87. The molecule has 1 amide bonds. The topological polar surface area (TPSA) is 44.1 Å². The highest BCUT2D eigenvalue weighted by Crippen LogP contribution is 2.32. The summed E-state index contributed by atoms with van der Waals surface area (Å²) in [5.41, 5.74) is -2.18. The lowest BCUT2D eigenvalue weighted by Gasteiger charge is -2.18. The minimum atomic E-state index is -4.87. The third-order valence-corrected chi connectivity index (χ3v) is 2.47.